The summed E-state index contributed by atoms with van der Waals surface area (Å²) in [6.07, 6.45) is 12.0. The van der Waals surface area contributed by atoms with Crippen molar-refractivity contribution >= 4 is 0 Å². The highest BCUT2D eigenvalue weighted by Gasteiger charge is 2.48. The molecular weight excluding hydrogens is 298 g/mol. The van der Waals surface area contributed by atoms with E-state index in [-0.39, 0.29) is 18.6 Å². The first-order chi connectivity index (χ1) is 11.6. The van der Waals surface area contributed by atoms with Crippen molar-refractivity contribution in [1.29, 1.82) is 0 Å². The van der Waals surface area contributed by atoms with Gasteiger partial charge in [-0.3, -0.25) is 0 Å². The average molecular weight is 334 g/mol. The van der Waals surface area contributed by atoms with Crippen LogP contribution in [0.1, 0.15) is 75.8 Å². The quantitative estimate of drug-likeness (QED) is 0.511. The molecule has 0 aromatic heterocycles. The van der Waals surface area contributed by atoms with Crippen LogP contribution in [0.2, 0.25) is 0 Å². The summed E-state index contributed by atoms with van der Waals surface area (Å²) in [6.45, 7) is 1.92. The zero-order chi connectivity index (χ0) is 17.5. The highest BCUT2D eigenvalue weighted by Crippen LogP contribution is 2.52. The van der Waals surface area contributed by atoms with E-state index in [1.807, 2.05) is 0 Å². The molecule has 1 saturated carbocycles. The van der Waals surface area contributed by atoms with E-state index in [2.05, 4.69) is 31.2 Å². The van der Waals surface area contributed by atoms with Gasteiger partial charge in [-0.1, -0.05) is 63.3 Å². The minimum absolute atomic E-state index is 0.0683. The van der Waals surface area contributed by atoms with Gasteiger partial charge in [0, 0.05) is 0 Å². The van der Waals surface area contributed by atoms with Crippen LogP contribution in [0.4, 0.5) is 0 Å². The van der Waals surface area contributed by atoms with Crippen molar-refractivity contribution < 1.29 is 10.2 Å². The van der Waals surface area contributed by atoms with Gasteiger partial charge in [0.15, 0.2) is 0 Å². The van der Waals surface area contributed by atoms with E-state index in [9.17, 15) is 10.2 Å². The van der Waals surface area contributed by atoms with Crippen LogP contribution in [-0.4, -0.2) is 29.0 Å². The molecular formula is C21H35NO2. The summed E-state index contributed by atoms with van der Waals surface area (Å²) in [4.78, 5) is 0. The summed E-state index contributed by atoms with van der Waals surface area (Å²) < 4.78 is 0. The molecule has 1 aromatic rings. The van der Waals surface area contributed by atoms with Gasteiger partial charge in [0.2, 0.25) is 0 Å². The first-order valence-corrected chi connectivity index (χ1v) is 9.67. The lowest BCUT2D eigenvalue weighted by Gasteiger charge is -2.30. The van der Waals surface area contributed by atoms with Gasteiger partial charge in [-0.15, -0.1) is 0 Å². The molecule has 0 amide bonds. The summed E-state index contributed by atoms with van der Waals surface area (Å²) in [5.41, 5.74) is 8.03. The van der Waals surface area contributed by atoms with E-state index in [1.165, 1.54) is 49.7 Å². The SMILES string of the molecule is CCCCCCCCc1ccc(C2(CC(N)(CO)CO)CC2)cc1. The van der Waals surface area contributed by atoms with Gasteiger partial charge in [0.05, 0.1) is 18.8 Å². The van der Waals surface area contributed by atoms with Crippen LogP contribution in [0.3, 0.4) is 0 Å². The van der Waals surface area contributed by atoms with Crippen molar-refractivity contribution in [1.82, 2.24) is 0 Å². The van der Waals surface area contributed by atoms with Crippen LogP contribution in [0.25, 0.3) is 0 Å². The number of unbranched alkanes of at least 4 members (excludes halogenated alkanes) is 5. The zero-order valence-electron chi connectivity index (χ0n) is 15.3. The maximum atomic E-state index is 9.46. The molecule has 4 N–H and O–H groups in total. The molecule has 0 heterocycles. The Morgan fingerprint density at radius 2 is 1.54 bits per heavy atom. The van der Waals surface area contributed by atoms with Crippen molar-refractivity contribution in [3.63, 3.8) is 0 Å². The Hall–Kier alpha value is -0.900. The molecule has 1 aromatic carbocycles. The molecule has 1 aliphatic carbocycles. The van der Waals surface area contributed by atoms with E-state index in [4.69, 9.17) is 5.73 Å². The Balaban J connectivity index is 1.83. The van der Waals surface area contributed by atoms with E-state index in [0.29, 0.717) is 6.42 Å². The largest absolute Gasteiger partial charge is 0.394 e. The highest BCUT2D eigenvalue weighted by molar-refractivity contribution is 5.34. The number of aryl methyl sites for hydroxylation is 1. The Kier molecular flexibility index (Phi) is 7.27. The lowest BCUT2D eigenvalue weighted by Crippen LogP contribution is -2.49. The van der Waals surface area contributed by atoms with Crippen molar-refractivity contribution in [3.05, 3.63) is 35.4 Å². The molecule has 0 atom stereocenters. The topological polar surface area (TPSA) is 66.5 Å². The van der Waals surface area contributed by atoms with Crippen LogP contribution in [0.15, 0.2) is 24.3 Å². The molecule has 0 spiro atoms. The number of aliphatic hydroxyl groups excluding tert-OH is 2. The maximum Gasteiger partial charge on any atom is 0.0634 e. The third-order valence-electron chi connectivity index (χ3n) is 5.56. The molecule has 0 radical (unpaired) electrons. The monoisotopic (exact) mass is 333 g/mol. The lowest BCUT2D eigenvalue weighted by molar-refractivity contribution is 0.106. The molecule has 136 valence electrons. The van der Waals surface area contributed by atoms with Gasteiger partial charge in [-0.2, -0.15) is 0 Å². The lowest BCUT2D eigenvalue weighted by atomic mass is 9.82. The number of hydrogen-bond donors (Lipinski definition) is 3. The summed E-state index contributed by atoms with van der Waals surface area (Å²) >= 11 is 0. The second-order valence-corrected chi connectivity index (χ2v) is 7.85. The van der Waals surface area contributed by atoms with Crippen molar-refractivity contribution in [2.24, 2.45) is 5.73 Å². The number of nitrogens with two attached hydrogens (primary N) is 1. The average Bonchev–Trinajstić information content (AvgIpc) is 3.39. The van der Waals surface area contributed by atoms with E-state index in [0.717, 1.165) is 19.3 Å². The van der Waals surface area contributed by atoms with Crippen LogP contribution in [-0.2, 0) is 11.8 Å². The fraction of sp³-hybridized carbons (Fsp3) is 0.714. The van der Waals surface area contributed by atoms with Gasteiger partial charge in [0.1, 0.15) is 0 Å². The third-order valence-corrected chi connectivity index (χ3v) is 5.56. The molecule has 2 rings (SSSR count). The summed E-state index contributed by atoms with van der Waals surface area (Å²) in [7, 11) is 0. The second kappa shape index (κ2) is 8.98. The van der Waals surface area contributed by atoms with Gasteiger partial charge in [-0.05, 0) is 48.6 Å². The molecule has 3 nitrogen and oxygen atoms in total. The Bertz CT molecular complexity index is 475. The molecule has 1 aliphatic rings. The van der Waals surface area contributed by atoms with Crippen molar-refractivity contribution in [2.45, 2.75) is 82.1 Å². The van der Waals surface area contributed by atoms with Crippen LogP contribution in [0, 0.1) is 0 Å². The summed E-state index contributed by atoms with van der Waals surface area (Å²) in [5, 5.41) is 18.9. The molecule has 0 unspecified atom stereocenters. The Labute approximate surface area is 147 Å². The molecule has 24 heavy (non-hydrogen) atoms. The van der Waals surface area contributed by atoms with Gasteiger partial charge in [-0.25, -0.2) is 0 Å². The molecule has 0 saturated heterocycles. The first-order valence-electron chi connectivity index (χ1n) is 9.67. The predicted octanol–water partition coefficient (Wildman–Crippen LogP) is 3.69. The van der Waals surface area contributed by atoms with Crippen LogP contribution in [0.5, 0.6) is 0 Å². The molecule has 1 fully saturated rings. The zero-order valence-corrected chi connectivity index (χ0v) is 15.3. The van der Waals surface area contributed by atoms with E-state index in [1.54, 1.807) is 0 Å². The smallest absolute Gasteiger partial charge is 0.0634 e. The molecule has 0 aliphatic heterocycles. The molecule has 0 bridgehead atoms. The van der Waals surface area contributed by atoms with Crippen LogP contribution >= 0.6 is 0 Å². The minimum atomic E-state index is -0.867. The second-order valence-electron chi connectivity index (χ2n) is 7.85. The maximum absolute atomic E-state index is 9.46. The van der Waals surface area contributed by atoms with E-state index < -0.39 is 5.54 Å². The number of benzene rings is 1. The highest BCUT2D eigenvalue weighted by atomic mass is 16.3. The van der Waals surface area contributed by atoms with Gasteiger partial charge >= 0.3 is 0 Å². The predicted molar refractivity (Wildman–Crippen MR) is 100 cm³/mol. The fourth-order valence-corrected chi connectivity index (χ4v) is 3.69. The summed E-state index contributed by atoms with van der Waals surface area (Å²) in [5.74, 6) is 0. The van der Waals surface area contributed by atoms with Crippen molar-refractivity contribution in [2.75, 3.05) is 13.2 Å². The van der Waals surface area contributed by atoms with E-state index >= 15 is 0 Å². The third kappa shape index (κ3) is 5.30. The normalized spacial score (nSPS) is 16.3. The number of aliphatic hydroxyl groups is 2. The number of hydrogen-bond acceptors (Lipinski definition) is 3. The fourth-order valence-electron chi connectivity index (χ4n) is 3.69. The van der Waals surface area contributed by atoms with Gasteiger partial charge in [0.25, 0.3) is 0 Å². The first kappa shape index (κ1) is 19.4. The Morgan fingerprint density at radius 3 is 2.08 bits per heavy atom. The summed E-state index contributed by atoms with van der Waals surface area (Å²) in [6, 6.07) is 8.96. The molecule has 3 heteroatoms. The van der Waals surface area contributed by atoms with Gasteiger partial charge < -0.3 is 15.9 Å². The Morgan fingerprint density at radius 1 is 0.958 bits per heavy atom. The standard InChI is InChI=1S/C21H35NO2/c1-2-3-4-5-6-7-8-18-9-11-19(12-10-18)20(13-14-20)15-21(22,16-23)17-24/h9-12,23-24H,2-8,13-17,22H2,1H3. The van der Waals surface area contributed by atoms with Crippen molar-refractivity contribution in [3.8, 4) is 0 Å². The van der Waals surface area contributed by atoms with Crippen LogP contribution < -0.4 is 5.73 Å². The number of rotatable bonds is 12. The minimum Gasteiger partial charge on any atom is -0.394 e.